The molecule has 0 bridgehead atoms. The van der Waals surface area contributed by atoms with E-state index >= 15 is 0 Å². The maximum absolute atomic E-state index is 12.1. The van der Waals surface area contributed by atoms with Gasteiger partial charge in [-0.3, -0.25) is 9.78 Å². The molecule has 0 aliphatic carbocycles. The number of benzene rings is 1. The minimum Gasteiger partial charge on any atom is -0.352 e. The first-order chi connectivity index (χ1) is 10.5. The van der Waals surface area contributed by atoms with Crippen molar-refractivity contribution in [1.82, 2.24) is 15.0 Å². The summed E-state index contributed by atoms with van der Waals surface area (Å²) < 4.78 is 25.7. The number of carbonyl (C=O) groups excluding carboxylic acids is 1. The Bertz CT molecular complexity index is 746. The summed E-state index contributed by atoms with van der Waals surface area (Å²) in [4.78, 5) is 16.1. The second kappa shape index (κ2) is 7.15. The molecule has 7 heteroatoms. The number of nitrogens with one attached hydrogen (secondary N) is 2. The number of amides is 1. The number of rotatable bonds is 6. The second-order valence-electron chi connectivity index (χ2n) is 4.60. The molecule has 0 unspecified atom stereocenters. The number of carbonyl (C=O) groups is 1. The summed E-state index contributed by atoms with van der Waals surface area (Å²) >= 11 is 0. The van der Waals surface area contributed by atoms with Gasteiger partial charge in [0.25, 0.3) is 5.91 Å². The van der Waals surface area contributed by atoms with Gasteiger partial charge in [0, 0.05) is 24.5 Å². The topological polar surface area (TPSA) is 88.2 Å². The number of nitrogens with zero attached hydrogens (tertiary/aromatic N) is 1. The molecule has 1 aromatic carbocycles. The third kappa shape index (κ3) is 4.12. The van der Waals surface area contributed by atoms with Crippen molar-refractivity contribution < 1.29 is 13.2 Å². The quantitative estimate of drug-likeness (QED) is 0.830. The molecule has 0 radical (unpaired) electrons. The van der Waals surface area contributed by atoms with Crippen LogP contribution in [0.15, 0.2) is 53.7 Å². The van der Waals surface area contributed by atoms with E-state index in [-0.39, 0.29) is 10.8 Å². The molecule has 2 rings (SSSR count). The monoisotopic (exact) mass is 319 g/mol. The molecule has 1 amide bonds. The van der Waals surface area contributed by atoms with Crippen LogP contribution in [0.25, 0.3) is 0 Å². The molecule has 6 nitrogen and oxygen atoms in total. The van der Waals surface area contributed by atoms with Crippen LogP contribution < -0.4 is 10.0 Å². The lowest BCUT2D eigenvalue weighted by atomic mass is 10.2. The van der Waals surface area contributed by atoms with Crippen molar-refractivity contribution >= 4 is 15.9 Å². The van der Waals surface area contributed by atoms with Crippen LogP contribution in [0.4, 0.5) is 0 Å². The Balaban J connectivity index is 2.00. The fraction of sp³-hybridized carbons (Fsp3) is 0.200. The Morgan fingerprint density at radius 2 is 2.05 bits per heavy atom. The van der Waals surface area contributed by atoms with Gasteiger partial charge in [0.1, 0.15) is 0 Å². The van der Waals surface area contributed by atoms with Crippen molar-refractivity contribution in [3.8, 4) is 0 Å². The standard InChI is InChI=1S/C15H17N3O3S/c1-16-22(20,21)14-6-2-5-13(10-14)15(19)18-9-7-12-4-3-8-17-11-12/h2-6,8,10-11,16H,7,9H2,1H3,(H,18,19). The molecule has 22 heavy (non-hydrogen) atoms. The van der Waals surface area contributed by atoms with Crippen LogP contribution in [0, 0.1) is 0 Å². The van der Waals surface area contributed by atoms with Gasteiger partial charge in [-0.15, -0.1) is 0 Å². The van der Waals surface area contributed by atoms with Crippen molar-refractivity contribution in [3.05, 3.63) is 59.9 Å². The normalized spacial score (nSPS) is 11.1. The molecular formula is C15H17N3O3S. The smallest absolute Gasteiger partial charge is 0.251 e. The molecule has 0 fully saturated rings. The summed E-state index contributed by atoms with van der Waals surface area (Å²) in [5.41, 5.74) is 1.33. The van der Waals surface area contributed by atoms with Gasteiger partial charge in [-0.05, 0) is 43.3 Å². The first-order valence-electron chi connectivity index (χ1n) is 6.73. The predicted molar refractivity (Wildman–Crippen MR) is 83.0 cm³/mol. The van der Waals surface area contributed by atoms with E-state index in [1.54, 1.807) is 24.5 Å². The molecule has 2 N–H and O–H groups in total. The van der Waals surface area contributed by atoms with Crippen LogP contribution in [0.2, 0.25) is 0 Å². The van der Waals surface area contributed by atoms with Crippen LogP contribution in [0.3, 0.4) is 0 Å². The number of aromatic nitrogens is 1. The van der Waals surface area contributed by atoms with Crippen molar-refractivity contribution in [3.63, 3.8) is 0 Å². The fourth-order valence-corrected chi connectivity index (χ4v) is 2.67. The molecule has 2 aromatic rings. The van der Waals surface area contributed by atoms with E-state index in [4.69, 9.17) is 0 Å². The Kier molecular flexibility index (Phi) is 5.24. The Labute approximate surface area is 129 Å². The summed E-state index contributed by atoms with van der Waals surface area (Å²) in [6.07, 6.45) is 4.09. The van der Waals surface area contributed by atoms with Crippen LogP contribution >= 0.6 is 0 Å². The highest BCUT2D eigenvalue weighted by Gasteiger charge is 2.13. The predicted octanol–water partition coefficient (Wildman–Crippen LogP) is 0.962. The zero-order valence-electron chi connectivity index (χ0n) is 12.1. The maximum atomic E-state index is 12.1. The van der Waals surface area contributed by atoms with Gasteiger partial charge in [0.2, 0.25) is 10.0 Å². The first kappa shape index (κ1) is 16.1. The van der Waals surface area contributed by atoms with Gasteiger partial charge >= 0.3 is 0 Å². The molecule has 0 aliphatic rings. The molecule has 1 aromatic heterocycles. The Hall–Kier alpha value is -2.25. The fourth-order valence-electron chi connectivity index (χ4n) is 1.89. The van der Waals surface area contributed by atoms with Crippen LogP contribution in [0.1, 0.15) is 15.9 Å². The molecule has 0 atom stereocenters. The molecular weight excluding hydrogens is 302 g/mol. The first-order valence-corrected chi connectivity index (χ1v) is 8.22. The van der Waals surface area contributed by atoms with E-state index in [1.165, 1.54) is 19.2 Å². The highest BCUT2D eigenvalue weighted by atomic mass is 32.2. The zero-order chi connectivity index (χ0) is 16.0. The zero-order valence-corrected chi connectivity index (χ0v) is 12.9. The molecule has 116 valence electrons. The Morgan fingerprint density at radius 3 is 2.73 bits per heavy atom. The third-order valence-corrected chi connectivity index (χ3v) is 4.51. The summed E-state index contributed by atoms with van der Waals surface area (Å²) in [7, 11) is -2.23. The Morgan fingerprint density at radius 1 is 1.23 bits per heavy atom. The maximum Gasteiger partial charge on any atom is 0.251 e. The van der Waals surface area contributed by atoms with Gasteiger partial charge in [-0.2, -0.15) is 0 Å². The summed E-state index contributed by atoms with van der Waals surface area (Å²) in [6, 6.07) is 9.68. The average molecular weight is 319 g/mol. The van der Waals surface area contributed by atoms with E-state index in [2.05, 4.69) is 15.0 Å². The van der Waals surface area contributed by atoms with Gasteiger partial charge in [0.15, 0.2) is 0 Å². The summed E-state index contributed by atoms with van der Waals surface area (Å²) in [5, 5.41) is 2.76. The van der Waals surface area contributed by atoms with E-state index in [0.717, 1.165) is 5.56 Å². The SMILES string of the molecule is CNS(=O)(=O)c1cccc(C(=O)NCCc2cccnc2)c1. The third-order valence-electron chi connectivity index (χ3n) is 3.10. The summed E-state index contributed by atoms with van der Waals surface area (Å²) in [5.74, 6) is -0.308. The molecule has 0 saturated carbocycles. The van der Waals surface area contributed by atoms with Crippen molar-refractivity contribution in [1.29, 1.82) is 0 Å². The van der Waals surface area contributed by atoms with Crippen LogP contribution in [-0.4, -0.2) is 32.9 Å². The van der Waals surface area contributed by atoms with Gasteiger partial charge < -0.3 is 5.32 Å². The lowest BCUT2D eigenvalue weighted by molar-refractivity contribution is 0.0954. The van der Waals surface area contributed by atoms with E-state index in [1.807, 2.05) is 12.1 Å². The number of pyridine rings is 1. The molecule has 0 spiro atoms. The van der Waals surface area contributed by atoms with Crippen LogP contribution in [0.5, 0.6) is 0 Å². The van der Waals surface area contributed by atoms with Gasteiger partial charge in [-0.25, -0.2) is 13.1 Å². The largest absolute Gasteiger partial charge is 0.352 e. The number of sulfonamides is 1. The van der Waals surface area contributed by atoms with Crippen molar-refractivity contribution in [2.24, 2.45) is 0 Å². The molecule has 0 saturated heterocycles. The highest BCUT2D eigenvalue weighted by molar-refractivity contribution is 7.89. The van der Waals surface area contributed by atoms with Crippen molar-refractivity contribution in [2.75, 3.05) is 13.6 Å². The minimum atomic E-state index is -3.56. The van der Waals surface area contributed by atoms with E-state index in [0.29, 0.717) is 18.5 Å². The second-order valence-corrected chi connectivity index (χ2v) is 6.49. The van der Waals surface area contributed by atoms with Crippen molar-refractivity contribution in [2.45, 2.75) is 11.3 Å². The number of hydrogen-bond donors (Lipinski definition) is 2. The molecule has 1 heterocycles. The highest BCUT2D eigenvalue weighted by Crippen LogP contribution is 2.11. The van der Waals surface area contributed by atoms with Gasteiger partial charge in [0.05, 0.1) is 4.90 Å². The van der Waals surface area contributed by atoms with E-state index in [9.17, 15) is 13.2 Å². The van der Waals surface area contributed by atoms with Crippen LogP contribution in [-0.2, 0) is 16.4 Å². The van der Waals surface area contributed by atoms with Gasteiger partial charge in [-0.1, -0.05) is 12.1 Å². The van der Waals surface area contributed by atoms with E-state index < -0.39 is 10.0 Å². The minimum absolute atomic E-state index is 0.0647. The summed E-state index contributed by atoms with van der Waals surface area (Å²) in [6.45, 7) is 0.452. The molecule has 0 aliphatic heterocycles. The number of hydrogen-bond acceptors (Lipinski definition) is 4. The lowest BCUT2D eigenvalue weighted by Crippen LogP contribution is -2.26. The average Bonchev–Trinajstić information content (AvgIpc) is 2.56. The lowest BCUT2D eigenvalue weighted by Gasteiger charge is -2.07.